The molecule has 0 spiro atoms. The number of nitrogens with zero attached hydrogens (tertiary/aromatic N) is 1. The molecule has 0 amide bonds. The summed E-state index contributed by atoms with van der Waals surface area (Å²) < 4.78 is 5.36. The summed E-state index contributed by atoms with van der Waals surface area (Å²) in [5, 5.41) is 17.5. The van der Waals surface area contributed by atoms with E-state index in [2.05, 4.69) is 52.9 Å². The van der Waals surface area contributed by atoms with Gasteiger partial charge in [-0.15, -0.1) is 0 Å². The third-order valence-electron chi connectivity index (χ3n) is 5.84. The molecular weight excluding hydrogens is 326 g/mol. The molecule has 1 saturated carbocycles. The Balaban J connectivity index is 1.66. The highest BCUT2D eigenvalue weighted by Crippen LogP contribution is 2.40. The molecule has 5 heteroatoms. The van der Waals surface area contributed by atoms with Crippen LogP contribution in [0.4, 0.5) is 0 Å². The van der Waals surface area contributed by atoms with Gasteiger partial charge in [0.2, 0.25) is 0 Å². The minimum atomic E-state index is -0.731. The second-order valence-electron chi connectivity index (χ2n) is 7.74. The van der Waals surface area contributed by atoms with E-state index in [1.807, 2.05) is 0 Å². The Labute approximate surface area is 157 Å². The van der Waals surface area contributed by atoms with Gasteiger partial charge in [0.05, 0.1) is 12.1 Å². The third-order valence-corrected chi connectivity index (χ3v) is 5.84. The van der Waals surface area contributed by atoms with E-state index in [-0.39, 0.29) is 5.41 Å². The van der Waals surface area contributed by atoms with E-state index >= 15 is 0 Å². The van der Waals surface area contributed by atoms with E-state index < -0.39 is 5.60 Å². The van der Waals surface area contributed by atoms with Crippen molar-refractivity contribution in [3.63, 3.8) is 0 Å². The number of nitrogens with one attached hydrogen (secondary N) is 2. The van der Waals surface area contributed by atoms with Crippen molar-refractivity contribution in [1.82, 2.24) is 10.6 Å². The van der Waals surface area contributed by atoms with Gasteiger partial charge in [0.25, 0.3) is 0 Å². The lowest BCUT2D eigenvalue weighted by molar-refractivity contribution is -0.0565. The first-order valence-corrected chi connectivity index (χ1v) is 10.0. The highest BCUT2D eigenvalue weighted by molar-refractivity contribution is 5.80. The zero-order valence-corrected chi connectivity index (χ0v) is 16.0. The molecule has 0 unspecified atom stereocenters. The van der Waals surface area contributed by atoms with E-state index in [1.165, 1.54) is 31.2 Å². The van der Waals surface area contributed by atoms with Gasteiger partial charge in [-0.1, -0.05) is 43.2 Å². The number of guanidine groups is 1. The van der Waals surface area contributed by atoms with Gasteiger partial charge >= 0.3 is 0 Å². The standard InChI is InChI=1S/C21H33N3O2/c1-2-22-19(24-17-21(25)12-14-26-15-13-21)23-16-20(10-6-7-11-20)18-8-4-3-5-9-18/h3-5,8-9,25H,2,6-7,10-17H2,1H3,(H2,22,23,24). The van der Waals surface area contributed by atoms with E-state index in [0.717, 1.165) is 19.0 Å². The molecular formula is C21H33N3O2. The Hall–Kier alpha value is -1.59. The predicted molar refractivity (Wildman–Crippen MR) is 106 cm³/mol. The number of aliphatic hydroxyl groups is 1. The van der Waals surface area contributed by atoms with Crippen molar-refractivity contribution < 1.29 is 9.84 Å². The molecule has 5 nitrogen and oxygen atoms in total. The molecule has 2 aliphatic rings. The number of ether oxygens (including phenoxy) is 1. The number of hydrogen-bond acceptors (Lipinski definition) is 3. The number of aliphatic imine (C=N–C) groups is 1. The van der Waals surface area contributed by atoms with Gasteiger partial charge in [0.15, 0.2) is 5.96 Å². The largest absolute Gasteiger partial charge is 0.388 e. The topological polar surface area (TPSA) is 65.9 Å². The summed E-state index contributed by atoms with van der Waals surface area (Å²) in [4.78, 5) is 4.68. The normalized spacial score (nSPS) is 22.2. The van der Waals surface area contributed by atoms with Gasteiger partial charge in [0.1, 0.15) is 0 Å². The zero-order chi connectivity index (χ0) is 18.3. The van der Waals surface area contributed by atoms with Crippen LogP contribution in [0.25, 0.3) is 0 Å². The molecule has 1 saturated heterocycles. The average Bonchev–Trinajstić information content (AvgIpc) is 3.16. The van der Waals surface area contributed by atoms with Crippen LogP contribution >= 0.6 is 0 Å². The van der Waals surface area contributed by atoms with Crippen molar-refractivity contribution in [1.29, 1.82) is 0 Å². The van der Waals surface area contributed by atoms with Crippen LogP contribution in [-0.2, 0) is 10.2 Å². The molecule has 0 bridgehead atoms. The SMILES string of the molecule is CCNC(=NCC1(O)CCOCC1)NCC1(c2ccccc2)CCCC1. The molecule has 2 fully saturated rings. The van der Waals surface area contributed by atoms with Gasteiger partial charge in [0, 0.05) is 44.6 Å². The molecule has 0 aromatic heterocycles. The molecule has 0 atom stereocenters. The first-order chi connectivity index (χ1) is 12.7. The monoisotopic (exact) mass is 359 g/mol. The molecule has 1 aromatic carbocycles. The quantitative estimate of drug-likeness (QED) is 0.540. The van der Waals surface area contributed by atoms with Crippen LogP contribution in [0, 0.1) is 0 Å². The van der Waals surface area contributed by atoms with Crippen LogP contribution < -0.4 is 10.6 Å². The Morgan fingerprint density at radius 3 is 2.42 bits per heavy atom. The van der Waals surface area contributed by atoms with Gasteiger partial charge in [-0.3, -0.25) is 4.99 Å². The molecule has 1 aromatic rings. The molecule has 0 radical (unpaired) electrons. The fourth-order valence-corrected chi connectivity index (χ4v) is 4.14. The van der Waals surface area contributed by atoms with Crippen LogP contribution in [-0.4, -0.2) is 49.5 Å². The molecule has 1 heterocycles. The maximum Gasteiger partial charge on any atom is 0.191 e. The number of benzene rings is 1. The van der Waals surface area contributed by atoms with Crippen molar-refractivity contribution in [3.05, 3.63) is 35.9 Å². The van der Waals surface area contributed by atoms with E-state index in [4.69, 9.17) is 4.74 Å². The van der Waals surface area contributed by atoms with E-state index in [9.17, 15) is 5.11 Å². The molecule has 1 aliphatic heterocycles. The van der Waals surface area contributed by atoms with Crippen molar-refractivity contribution in [3.8, 4) is 0 Å². The molecule has 3 rings (SSSR count). The fraction of sp³-hybridized carbons (Fsp3) is 0.667. The summed E-state index contributed by atoms with van der Waals surface area (Å²) in [7, 11) is 0. The van der Waals surface area contributed by atoms with Crippen molar-refractivity contribution >= 4 is 5.96 Å². The predicted octanol–water partition coefficient (Wildman–Crippen LogP) is 2.60. The van der Waals surface area contributed by atoms with Gasteiger partial charge in [-0.25, -0.2) is 0 Å². The maximum absolute atomic E-state index is 10.7. The summed E-state index contributed by atoms with van der Waals surface area (Å²) in [5.41, 5.74) is 0.877. The summed E-state index contributed by atoms with van der Waals surface area (Å²) in [6.45, 7) is 5.42. The second-order valence-corrected chi connectivity index (χ2v) is 7.74. The number of hydrogen-bond donors (Lipinski definition) is 3. The maximum atomic E-state index is 10.7. The fourth-order valence-electron chi connectivity index (χ4n) is 4.14. The number of rotatable bonds is 6. The van der Waals surface area contributed by atoms with Crippen molar-refractivity contribution in [2.75, 3.05) is 32.8 Å². The Bertz CT molecular complexity index is 576. The lowest BCUT2D eigenvalue weighted by atomic mass is 9.79. The highest BCUT2D eigenvalue weighted by Gasteiger charge is 2.35. The first-order valence-electron chi connectivity index (χ1n) is 10.0. The van der Waals surface area contributed by atoms with Crippen molar-refractivity contribution in [2.45, 2.75) is 56.5 Å². The smallest absolute Gasteiger partial charge is 0.191 e. The average molecular weight is 360 g/mol. The van der Waals surface area contributed by atoms with Crippen LogP contribution in [0.3, 0.4) is 0 Å². The Kier molecular flexibility index (Phi) is 6.54. The lowest BCUT2D eigenvalue weighted by Crippen LogP contribution is -2.46. The van der Waals surface area contributed by atoms with Crippen LogP contribution in [0.1, 0.15) is 51.0 Å². The van der Waals surface area contributed by atoms with Crippen LogP contribution in [0.2, 0.25) is 0 Å². The summed E-state index contributed by atoms with van der Waals surface area (Å²) in [6.07, 6.45) is 6.30. The second kappa shape index (κ2) is 8.87. The highest BCUT2D eigenvalue weighted by atomic mass is 16.5. The lowest BCUT2D eigenvalue weighted by Gasteiger charge is -2.32. The first kappa shape index (κ1) is 19.2. The van der Waals surface area contributed by atoms with Crippen LogP contribution in [0.15, 0.2) is 35.3 Å². The molecule has 144 valence electrons. The Morgan fingerprint density at radius 2 is 1.77 bits per heavy atom. The summed E-state index contributed by atoms with van der Waals surface area (Å²) in [6, 6.07) is 10.9. The summed E-state index contributed by atoms with van der Waals surface area (Å²) >= 11 is 0. The minimum absolute atomic E-state index is 0.188. The third kappa shape index (κ3) is 4.77. The van der Waals surface area contributed by atoms with Crippen molar-refractivity contribution in [2.24, 2.45) is 4.99 Å². The molecule has 1 aliphatic carbocycles. The minimum Gasteiger partial charge on any atom is -0.388 e. The molecule has 26 heavy (non-hydrogen) atoms. The van der Waals surface area contributed by atoms with Gasteiger partial charge in [-0.2, -0.15) is 0 Å². The zero-order valence-electron chi connectivity index (χ0n) is 16.0. The van der Waals surface area contributed by atoms with Crippen LogP contribution in [0.5, 0.6) is 0 Å². The summed E-state index contributed by atoms with van der Waals surface area (Å²) in [5.74, 6) is 0.801. The Morgan fingerprint density at radius 1 is 1.08 bits per heavy atom. The van der Waals surface area contributed by atoms with E-state index in [0.29, 0.717) is 32.6 Å². The molecule has 3 N–H and O–H groups in total. The van der Waals surface area contributed by atoms with E-state index in [1.54, 1.807) is 0 Å². The van der Waals surface area contributed by atoms with Gasteiger partial charge in [-0.05, 0) is 25.3 Å². The van der Waals surface area contributed by atoms with Gasteiger partial charge < -0.3 is 20.5 Å².